The van der Waals surface area contributed by atoms with Crippen LogP contribution in [0.2, 0.25) is 0 Å². The Morgan fingerprint density at radius 3 is 2.45 bits per heavy atom. The summed E-state index contributed by atoms with van der Waals surface area (Å²) in [6, 6.07) is 12.0. The molecule has 1 saturated heterocycles. The van der Waals surface area contributed by atoms with Crippen molar-refractivity contribution in [3.05, 3.63) is 64.4 Å². The molecule has 0 radical (unpaired) electrons. The van der Waals surface area contributed by atoms with Crippen molar-refractivity contribution in [3.8, 4) is 0 Å². The van der Waals surface area contributed by atoms with Crippen LogP contribution in [0.1, 0.15) is 51.0 Å². The average molecular weight is 423 g/mol. The van der Waals surface area contributed by atoms with E-state index >= 15 is 0 Å². The molecule has 0 aliphatic carbocycles. The van der Waals surface area contributed by atoms with Crippen LogP contribution in [0.5, 0.6) is 0 Å². The van der Waals surface area contributed by atoms with E-state index in [0.717, 1.165) is 50.4 Å². The lowest BCUT2D eigenvalue weighted by Gasteiger charge is -2.39. The highest BCUT2D eigenvalue weighted by molar-refractivity contribution is 5.71. The number of aromatic nitrogens is 2. The molecule has 1 aliphatic heterocycles. The first-order valence-corrected chi connectivity index (χ1v) is 11.3. The number of furan rings is 1. The Balaban J connectivity index is 1.80. The van der Waals surface area contributed by atoms with Crippen molar-refractivity contribution in [2.45, 2.75) is 46.2 Å². The molecule has 31 heavy (non-hydrogen) atoms. The topological polar surface area (TPSA) is 54.5 Å². The number of nitrogens with zero attached hydrogens (tertiary/aromatic N) is 4. The summed E-state index contributed by atoms with van der Waals surface area (Å²) < 4.78 is 7.47. The summed E-state index contributed by atoms with van der Waals surface area (Å²) in [5.74, 6) is 0.824. The second kappa shape index (κ2) is 8.97. The first-order valence-electron chi connectivity index (χ1n) is 11.3. The van der Waals surface area contributed by atoms with E-state index in [-0.39, 0.29) is 17.0 Å². The Bertz CT molecular complexity index is 1060. The summed E-state index contributed by atoms with van der Waals surface area (Å²) >= 11 is 0. The predicted molar refractivity (Wildman–Crippen MR) is 124 cm³/mol. The van der Waals surface area contributed by atoms with Crippen molar-refractivity contribution >= 4 is 11.1 Å². The summed E-state index contributed by atoms with van der Waals surface area (Å²) in [5.41, 5.74) is 1.74. The summed E-state index contributed by atoms with van der Waals surface area (Å²) in [6.45, 7) is 11.3. The normalized spacial score (nSPS) is 17.3. The average Bonchev–Trinajstić information content (AvgIpc) is 3.21. The molecule has 0 saturated carbocycles. The van der Waals surface area contributed by atoms with Crippen molar-refractivity contribution in [3.63, 3.8) is 0 Å². The zero-order valence-corrected chi connectivity index (χ0v) is 19.2. The van der Waals surface area contributed by atoms with Gasteiger partial charge in [0, 0.05) is 26.2 Å². The van der Waals surface area contributed by atoms with Crippen LogP contribution < -0.4 is 5.56 Å². The van der Waals surface area contributed by atoms with Crippen LogP contribution in [0, 0.1) is 5.41 Å². The zero-order valence-electron chi connectivity index (χ0n) is 19.2. The van der Waals surface area contributed by atoms with Gasteiger partial charge in [-0.05, 0) is 36.9 Å². The fourth-order valence-electron chi connectivity index (χ4n) is 4.32. The van der Waals surface area contributed by atoms with Crippen LogP contribution >= 0.6 is 0 Å². The van der Waals surface area contributed by atoms with Gasteiger partial charge in [-0.15, -0.1) is 0 Å². The molecule has 1 aromatic carbocycles. The molecule has 0 bridgehead atoms. The highest BCUT2D eigenvalue weighted by Gasteiger charge is 2.30. The van der Waals surface area contributed by atoms with Crippen molar-refractivity contribution < 1.29 is 4.42 Å². The lowest BCUT2D eigenvalue weighted by molar-refractivity contribution is 0.0931. The third-order valence-electron chi connectivity index (χ3n) is 6.24. The van der Waals surface area contributed by atoms with Crippen LogP contribution in [-0.4, -0.2) is 52.6 Å². The van der Waals surface area contributed by atoms with Gasteiger partial charge in [-0.1, -0.05) is 51.1 Å². The molecule has 1 atom stereocenters. The van der Waals surface area contributed by atoms with Gasteiger partial charge >= 0.3 is 0 Å². The fraction of sp³-hybridized carbons (Fsp3) is 0.520. The van der Waals surface area contributed by atoms with Gasteiger partial charge in [0.15, 0.2) is 0 Å². The van der Waals surface area contributed by atoms with E-state index in [9.17, 15) is 4.79 Å². The molecule has 4 rings (SSSR count). The molecule has 6 heteroatoms. The molecule has 166 valence electrons. The van der Waals surface area contributed by atoms with Crippen LogP contribution in [-0.2, 0) is 6.54 Å². The van der Waals surface area contributed by atoms with Crippen molar-refractivity contribution in [2.75, 3.05) is 33.2 Å². The minimum absolute atomic E-state index is 0.0208. The van der Waals surface area contributed by atoms with E-state index in [1.807, 2.05) is 22.8 Å². The van der Waals surface area contributed by atoms with E-state index in [0.29, 0.717) is 17.6 Å². The van der Waals surface area contributed by atoms with Crippen LogP contribution in [0.25, 0.3) is 11.1 Å². The predicted octanol–water partition coefficient (Wildman–Crippen LogP) is 4.15. The molecule has 3 heterocycles. The monoisotopic (exact) mass is 422 g/mol. The molecule has 0 N–H and O–H groups in total. The summed E-state index contributed by atoms with van der Waals surface area (Å²) in [7, 11) is 2.17. The molecule has 0 spiro atoms. The maximum Gasteiger partial charge on any atom is 0.265 e. The molecule has 1 fully saturated rings. The fourth-order valence-corrected chi connectivity index (χ4v) is 4.32. The standard InChI is InChI=1S/C25H34N4O2/c1-25(2,3)12-10-21(28-15-13-27(4)14-16-28)22-26-23-20(11-17-31-23)24(30)29(22)18-19-8-6-5-7-9-19/h5-9,11,17,21H,10,12-16,18H2,1-4H3. The Hall–Kier alpha value is -2.44. The summed E-state index contributed by atoms with van der Waals surface area (Å²) in [4.78, 5) is 23.3. The van der Waals surface area contributed by atoms with Crippen LogP contribution in [0.15, 0.2) is 51.9 Å². The number of hydrogen-bond donors (Lipinski definition) is 0. The highest BCUT2D eigenvalue weighted by atomic mass is 16.3. The number of hydrogen-bond acceptors (Lipinski definition) is 5. The Labute approximate surface area is 184 Å². The third-order valence-corrected chi connectivity index (χ3v) is 6.24. The van der Waals surface area contributed by atoms with Gasteiger partial charge < -0.3 is 9.32 Å². The third kappa shape index (κ3) is 5.08. The lowest BCUT2D eigenvalue weighted by atomic mass is 9.88. The maximum atomic E-state index is 13.5. The molecule has 3 aromatic rings. The van der Waals surface area contributed by atoms with Gasteiger partial charge in [-0.3, -0.25) is 14.3 Å². The van der Waals surface area contributed by atoms with Crippen LogP contribution in [0.3, 0.4) is 0 Å². The highest BCUT2D eigenvalue weighted by Crippen LogP contribution is 2.32. The second-order valence-electron chi connectivity index (χ2n) is 9.94. The van der Waals surface area contributed by atoms with Crippen molar-refractivity contribution in [1.29, 1.82) is 0 Å². The second-order valence-corrected chi connectivity index (χ2v) is 9.94. The minimum Gasteiger partial charge on any atom is -0.446 e. The molecule has 1 unspecified atom stereocenters. The number of fused-ring (bicyclic) bond motifs is 1. The Morgan fingerprint density at radius 1 is 1.06 bits per heavy atom. The summed E-state index contributed by atoms with van der Waals surface area (Å²) in [5, 5.41) is 0.549. The first kappa shape index (κ1) is 21.8. The van der Waals surface area contributed by atoms with Gasteiger partial charge in [0.1, 0.15) is 11.2 Å². The van der Waals surface area contributed by atoms with Gasteiger partial charge in [-0.25, -0.2) is 0 Å². The minimum atomic E-state index is -0.0208. The van der Waals surface area contributed by atoms with E-state index < -0.39 is 0 Å². The maximum absolute atomic E-state index is 13.5. The van der Waals surface area contributed by atoms with Crippen molar-refractivity contribution in [1.82, 2.24) is 19.4 Å². The number of rotatable bonds is 6. The number of likely N-dealkylation sites (N-methyl/N-ethyl adjacent to an activating group) is 1. The molecule has 0 amide bonds. The van der Waals surface area contributed by atoms with Gasteiger partial charge in [0.25, 0.3) is 5.56 Å². The Kier molecular flexibility index (Phi) is 6.30. The van der Waals surface area contributed by atoms with Crippen LogP contribution in [0.4, 0.5) is 0 Å². The molecular formula is C25H34N4O2. The first-order chi connectivity index (χ1) is 14.8. The van der Waals surface area contributed by atoms with E-state index in [1.165, 1.54) is 0 Å². The number of piperazine rings is 1. The molecular weight excluding hydrogens is 388 g/mol. The van der Waals surface area contributed by atoms with Crippen molar-refractivity contribution in [2.24, 2.45) is 5.41 Å². The lowest BCUT2D eigenvalue weighted by Crippen LogP contribution is -2.47. The number of benzene rings is 1. The molecule has 2 aromatic heterocycles. The summed E-state index contributed by atoms with van der Waals surface area (Å²) in [6.07, 6.45) is 3.58. The molecule has 1 aliphatic rings. The van der Waals surface area contributed by atoms with E-state index in [2.05, 4.69) is 49.8 Å². The van der Waals surface area contributed by atoms with Gasteiger partial charge in [-0.2, -0.15) is 4.98 Å². The van der Waals surface area contributed by atoms with Gasteiger partial charge in [0.2, 0.25) is 5.71 Å². The van der Waals surface area contributed by atoms with E-state index in [4.69, 9.17) is 9.40 Å². The quantitative estimate of drug-likeness (QED) is 0.597. The molecule has 6 nitrogen and oxygen atoms in total. The van der Waals surface area contributed by atoms with Gasteiger partial charge in [0.05, 0.1) is 18.8 Å². The van der Waals surface area contributed by atoms with E-state index in [1.54, 1.807) is 12.3 Å². The SMILES string of the molecule is CN1CCN(C(CCC(C)(C)C)c2nc3occc3c(=O)n2Cc2ccccc2)CC1. The largest absolute Gasteiger partial charge is 0.446 e. The smallest absolute Gasteiger partial charge is 0.265 e. The Morgan fingerprint density at radius 2 is 1.77 bits per heavy atom. The zero-order chi connectivity index (χ0) is 22.0.